The second-order valence-electron chi connectivity index (χ2n) is 4.23. The second kappa shape index (κ2) is 8.37. The Bertz CT molecular complexity index is 436. The van der Waals surface area contributed by atoms with E-state index in [1.165, 1.54) is 4.90 Å². The van der Waals surface area contributed by atoms with Crippen LogP contribution in [-0.2, 0) is 4.79 Å². The van der Waals surface area contributed by atoms with Crippen molar-refractivity contribution in [1.82, 2.24) is 10.2 Å². The second-order valence-corrected chi connectivity index (χ2v) is 4.23. The Morgan fingerprint density at radius 2 is 1.89 bits per heavy atom. The van der Waals surface area contributed by atoms with Gasteiger partial charge in [-0.05, 0) is 18.6 Å². The van der Waals surface area contributed by atoms with Gasteiger partial charge in [-0.15, -0.1) is 12.4 Å². The summed E-state index contributed by atoms with van der Waals surface area (Å²) in [6, 6.07) is 6.91. The molecule has 6 heteroatoms. The molecule has 1 rings (SSSR count). The number of carbonyl (C=O) groups is 2. The quantitative estimate of drug-likeness (QED) is 0.632. The molecule has 3 N–H and O–H groups in total. The summed E-state index contributed by atoms with van der Waals surface area (Å²) in [5.41, 5.74) is 6.62. The van der Waals surface area contributed by atoms with Gasteiger partial charge in [-0.2, -0.15) is 0 Å². The largest absolute Gasteiger partial charge is 0.398 e. The molecule has 0 saturated carbocycles. The van der Waals surface area contributed by atoms with Gasteiger partial charge in [-0.25, -0.2) is 0 Å². The van der Waals surface area contributed by atoms with E-state index < -0.39 is 0 Å². The highest BCUT2D eigenvalue weighted by atomic mass is 35.5. The third-order valence-corrected chi connectivity index (χ3v) is 2.56. The van der Waals surface area contributed by atoms with E-state index in [-0.39, 0.29) is 24.2 Å². The maximum absolute atomic E-state index is 11.8. The summed E-state index contributed by atoms with van der Waals surface area (Å²) in [4.78, 5) is 24.6. The Balaban J connectivity index is 0.00000324. The summed E-state index contributed by atoms with van der Waals surface area (Å²) >= 11 is 0. The average Bonchev–Trinajstić information content (AvgIpc) is 2.34. The number of nitrogens with two attached hydrogens (primary N) is 1. The van der Waals surface area contributed by atoms with Crippen LogP contribution < -0.4 is 11.1 Å². The standard InChI is InChI=1S/C13H19N3O2.ClH/c1-16(2)12(17)8-5-9-15-13(18)10-6-3-4-7-11(10)14;/h3-4,6-7H,5,8-9,14H2,1-2H3,(H,15,18);1H. The molecular weight excluding hydrogens is 266 g/mol. The van der Waals surface area contributed by atoms with Gasteiger partial charge in [0.05, 0.1) is 5.56 Å². The van der Waals surface area contributed by atoms with Gasteiger partial charge in [0.1, 0.15) is 0 Å². The lowest BCUT2D eigenvalue weighted by atomic mass is 10.1. The van der Waals surface area contributed by atoms with Gasteiger partial charge in [-0.3, -0.25) is 9.59 Å². The van der Waals surface area contributed by atoms with Crippen molar-refractivity contribution in [1.29, 1.82) is 0 Å². The molecule has 5 nitrogen and oxygen atoms in total. The molecule has 0 bridgehead atoms. The summed E-state index contributed by atoms with van der Waals surface area (Å²) in [5, 5.41) is 2.74. The van der Waals surface area contributed by atoms with Crippen LogP contribution in [0.1, 0.15) is 23.2 Å². The molecular formula is C13H20ClN3O2. The van der Waals surface area contributed by atoms with Gasteiger partial charge < -0.3 is 16.0 Å². The van der Waals surface area contributed by atoms with Crippen molar-refractivity contribution in [2.45, 2.75) is 12.8 Å². The number of hydrogen-bond acceptors (Lipinski definition) is 3. The maximum atomic E-state index is 11.8. The molecule has 0 aromatic heterocycles. The normalized spacial score (nSPS) is 9.37. The van der Waals surface area contributed by atoms with Crippen molar-refractivity contribution in [3.8, 4) is 0 Å². The first-order valence-corrected chi connectivity index (χ1v) is 5.85. The lowest BCUT2D eigenvalue weighted by Gasteiger charge is -2.10. The highest BCUT2D eigenvalue weighted by Crippen LogP contribution is 2.09. The van der Waals surface area contributed by atoms with Crippen LogP contribution in [0.15, 0.2) is 24.3 Å². The van der Waals surface area contributed by atoms with Crippen molar-refractivity contribution in [3.63, 3.8) is 0 Å². The lowest BCUT2D eigenvalue weighted by molar-refractivity contribution is -0.128. The number of nitrogens with one attached hydrogen (secondary N) is 1. The molecule has 0 spiro atoms. The van der Waals surface area contributed by atoms with E-state index in [9.17, 15) is 9.59 Å². The van der Waals surface area contributed by atoms with Crippen LogP contribution >= 0.6 is 12.4 Å². The third kappa shape index (κ3) is 5.61. The first kappa shape index (κ1) is 17.2. The smallest absolute Gasteiger partial charge is 0.253 e. The predicted molar refractivity (Wildman–Crippen MR) is 78.4 cm³/mol. The molecule has 0 unspecified atom stereocenters. The molecule has 0 radical (unpaired) electrons. The number of halogens is 1. The third-order valence-electron chi connectivity index (χ3n) is 2.56. The van der Waals surface area contributed by atoms with Gasteiger partial charge in [0.25, 0.3) is 5.91 Å². The monoisotopic (exact) mass is 285 g/mol. The van der Waals surface area contributed by atoms with E-state index in [1.54, 1.807) is 38.4 Å². The van der Waals surface area contributed by atoms with Crippen molar-refractivity contribution in [2.75, 3.05) is 26.4 Å². The number of anilines is 1. The number of carbonyl (C=O) groups excluding carboxylic acids is 2. The molecule has 1 aromatic carbocycles. The Kier molecular flexibility index (Phi) is 7.60. The van der Waals surface area contributed by atoms with E-state index in [4.69, 9.17) is 5.73 Å². The summed E-state index contributed by atoms with van der Waals surface area (Å²) in [6.45, 7) is 0.465. The van der Waals surface area contributed by atoms with E-state index >= 15 is 0 Å². The first-order chi connectivity index (χ1) is 8.52. The fourth-order valence-corrected chi connectivity index (χ4v) is 1.46. The Hall–Kier alpha value is -1.75. The van der Waals surface area contributed by atoms with E-state index in [0.717, 1.165) is 0 Å². The number of nitrogens with zero attached hydrogens (tertiary/aromatic N) is 1. The Morgan fingerprint density at radius 1 is 1.26 bits per heavy atom. The van der Waals surface area contributed by atoms with Crippen LogP contribution in [0.25, 0.3) is 0 Å². The minimum atomic E-state index is -0.203. The number of amides is 2. The number of hydrogen-bond donors (Lipinski definition) is 2. The average molecular weight is 286 g/mol. The van der Waals surface area contributed by atoms with Gasteiger partial charge >= 0.3 is 0 Å². The molecule has 19 heavy (non-hydrogen) atoms. The molecule has 0 aliphatic heterocycles. The van der Waals surface area contributed by atoms with Gasteiger partial charge in [0.15, 0.2) is 0 Å². The molecule has 0 aliphatic carbocycles. The SMILES string of the molecule is CN(C)C(=O)CCCNC(=O)c1ccccc1N.Cl. The predicted octanol–water partition coefficient (Wildman–Crippen LogP) is 1.29. The zero-order chi connectivity index (χ0) is 13.5. The summed E-state index contributed by atoms with van der Waals surface area (Å²) in [6.07, 6.45) is 1.05. The van der Waals surface area contributed by atoms with Crippen LogP contribution in [0.2, 0.25) is 0 Å². The minimum absolute atomic E-state index is 0. The number of benzene rings is 1. The molecule has 0 aliphatic rings. The molecule has 2 amide bonds. The topological polar surface area (TPSA) is 75.4 Å². The van der Waals surface area contributed by atoms with Gasteiger partial charge in [0.2, 0.25) is 5.91 Å². The number of rotatable bonds is 5. The fourth-order valence-electron chi connectivity index (χ4n) is 1.46. The lowest BCUT2D eigenvalue weighted by Crippen LogP contribution is -2.27. The summed E-state index contributed by atoms with van der Waals surface area (Å²) < 4.78 is 0. The Labute approximate surface area is 119 Å². The number of nitrogen functional groups attached to an aromatic ring is 1. The Morgan fingerprint density at radius 3 is 2.47 bits per heavy atom. The van der Waals surface area contributed by atoms with Gasteiger partial charge in [-0.1, -0.05) is 12.1 Å². The van der Waals surface area contributed by atoms with Crippen molar-refractivity contribution >= 4 is 29.9 Å². The van der Waals surface area contributed by atoms with Crippen LogP contribution in [0.4, 0.5) is 5.69 Å². The van der Waals surface area contributed by atoms with Crippen molar-refractivity contribution in [2.24, 2.45) is 0 Å². The van der Waals surface area contributed by atoms with E-state index in [1.807, 2.05) is 0 Å². The first-order valence-electron chi connectivity index (χ1n) is 5.85. The molecule has 106 valence electrons. The van der Waals surface area contributed by atoms with E-state index in [2.05, 4.69) is 5.32 Å². The van der Waals surface area contributed by atoms with Crippen molar-refractivity contribution < 1.29 is 9.59 Å². The minimum Gasteiger partial charge on any atom is -0.398 e. The highest BCUT2D eigenvalue weighted by Gasteiger charge is 2.08. The molecule has 0 heterocycles. The van der Waals surface area contributed by atoms with Gasteiger partial charge in [0, 0.05) is 32.7 Å². The molecule has 0 fully saturated rings. The highest BCUT2D eigenvalue weighted by molar-refractivity contribution is 5.99. The fraction of sp³-hybridized carbons (Fsp3) is 0.385. The van der Waals surface area contributed by atoms with Crippen LogP contribution in [0, 0.1) is 0 Å². The van der Waals surface area contributed by atoms with Crippen LogP contribution in [0.5, 0.6) is 0 Å². The zero-order valence-electron chi connectivity index (χ0n) is 11.2. The summed E-state index contributed by atoms with van der Waals surface area (Å²) in [5.74, 6) is -0.145. The van der Waals surface area contributed by atoms with Crippen LogP contribution in [0.3, 0.4) is 0 Å². The molecule has 0 saturated heterocycles. The van der Waals surface area contributed by atoms with E-state index in [0.29, 0.717) is 30.6 Å². The summed E-state index contributed by atoms with van der Waals surface area (Å²) in [7, 11) is 3.43. The van der Waals surface area contributed by atoms with Crippen LogP contribution in [-0.4, -0.2) is 37.4 Å². The molecule has 1 aromatic rings. The maximum Gasteiger partial charge on any atom is 0.253 e. The zero-order valence-corrected chi connectivity index (χ0v) is 12.0. The number of para-hydroxylation sites is 1. The molecule has 0 atom stereocenters. The van der Waals surface area contributed by atoms with Crippen molar-refractivity contribution in [3.05, 3.63) is 29.8 Å².